The van der Waals surface area contributed by atoms with Gasteiger partial charge < -0.3 is 9.80 Å². The second kappa shape index (κ2) is 5.09. The van der Waals surface area contributed by atoms with Crippen molar-refractivity contribution in [2.24, 2.45) is 5.41 Å². The lowest BCUT2D eigenvalue weighted by atomic mass is 9.77. The van der Waals surface area contributed by atoms with Crippen LogP contribution in [0.1, 0.15) is 35.4 Å². The van der Waals surface area contributed by atoms with E-state index in [2.05, 4.69) is 9.97 Å². The maximum absolute atomic E-state index is 12.4. The minimum Gasteiger partial charge on any atom is -0.345 e. The number of aryl methyl sites for hydroxylation is 1. The summed E-state index contributed by atoms with van der Waals surface area (Å²) in [5.41, 5.74) is 0.944. The highest BCUT2D eigenvalue weighted by Gasteiger charge is 2.47. The Morgan fingerprint density at radius 1 is 1.14 bits per heavy atom. The van der Waals surface area contributed by atoms with Crippen molar-refractivity contribution in [2.75, 3.05) is 26.7 Å². The fraction of sp³-hybridized carbons (Fsp3) is 0.600. The molecule has 21 heavy (non-hydrogen) atoms. The van der Waals surface area contributed by atoms with Gasteiger partial charge in [0.15, 0.2) is 0 Å². The third-order valence-corrected chi connectivity index (χ3v) is 4.73. The van der Waals surface area contributed by atoms with Crippen molar-refractivity contribution in [3.8, 4) is 0 Å². The van der Waals surface area contributed by atoms with Crippen LogP contribution in [0.3, 0.4) is 0 Å². The summed E-state index contributed by atoms with van der Waals surface area (Å²) in [6.45, 7) is 3.91. The second-order valence-corrected chi connectivity index (χ2v) is 6.09. The smallest absolute Gasteiger partial charge is 0.274 e. The minimum atomic E-state index is -0.232. The SMILES string of the molecule is Cc1cnc(C(=O)N2CCC3(CCN(C)C3=O)CC2)cn1. The summed E-state index contributed by atoms with van der Waals surface area (Å²) >= 11 is 0. The summed E-state index contributed by atoms with van der Waals surface area (Å²) in [5.74, 6) is 0.154. The van der Waals surface area contributed by atoms with E-state index in [9.17, 15) is 9.59 Å². The van der Waals surface area contributed by atoms with Crippen molar-refractivity contribution >= 4 is 11.8 Å². The molecule has 2 amide bonds. The van der Waals surface area contributed by atoms with Gasteiger partial charge in [0.25, 0.3) is 5.91 Å². The molecule has 2 saturated heterocycles. The van der Waals surface area contributed by atoms with E-state index in [4.69, 9.17) is 0 Å². The third-order valence-electron chi connectivity index (χ3n) is 4.73. The molecule has 6 heteroatoms. The van der Waals surface area contributed by atoms with E-state index < -0.39 is 0 Å². The molecule has 3 heterocycles. The van der Waals surface area contributed by atoms with Gasteiger partial charge in [0.1, 0.15) is 5.69 Å². The molecule has 0 aromatic carbocycles. The van der Waals surface area contributed by atoms with Gasteiger partial charge in [-0.1, -0.05) is 0 Å². The number of amides is 2. The fourth-order valence-electron chi connectivity index (χ4n) is 3.26. The lowest BCUT2D eigenvalue weighted by molar-refractivity contribution is -0.137. The number of carbonyl (C=O) groups excluding carboxylic acids is 2. The summed E-state index contributed by atoms with van der Waals surface area (Å²) < 4.78 is 0. The van der Waals surface area contributed by atoms with Crippen LogP contribution in [0.5, 0.6) is 0 Å². The van der Waals surface area contributed by atoms with Crippen molar-refractivity contribution in [1.82, 2.24) is 19.8 Å². The Hall–Kier alpha value is -1.98. The van der Waals surface area contributed by atoms with Gasteiger partial charge in [-0.25, -0.2) is 4.98 Å². The highest BCUT2D eigenvalue weighted by molar-refractivity contribution is 5.92. The molecule has 112 valence electrons. The molecule has 0 aliphatic carbocycles. The van der Waals surface area contributed by atoms with Crippen LogP contribution in [-0.2, 0) is 4.79 Å². The summed E-state index contributed by atoms with van der Waals surface area (Å²) in [5, 5.41) is 0. The summed E-state index contributed by atoms with van der Waals surface area (Å²) in [7, 11) is 1.86. The molecule has 0 bridgehead atoms. The number of nitrogens with zero attached hydrogens (tertiary/aromatic N) is 4. The van der Waals surface area contributed by atoms with Crippen molar-refractivity contribution < 1.29 is 9.59 Å². The number of likely N-dealkylation sites (tertiary alicyclic amines) is 2. The Kier molecular flexibility index (Phi) is 3.39. The first-order chi connectivity index (χ1) is 10.0. The van der Waals surface area contributed by atoms with Gasteiger partial charge in [0.2, 0.25) is 5.91 Å². The van der Waals surface area contributed by atoms with Gasteiger partial charge in [-0.2, -0.15) is 0 Å². The molecule has 1 aromatic heterocycles. The van der Waals surface area contributed by atoms with Gasteiger partial charge in [0, 0.05) is 32.9 Å². The highest BCUT2D eigenvalue weighted by atomic mass is 16.2. The average Bonchev–Trinajstić information content (AvgIpc) is 2.77. The molecular weight excluding hydrogens is 268 g/mol. The Labute approximate surface area is 124 Å². The molecule has 2 aliphatic heterocycles. The van der Waals surface area contributed by atoms with Crippen molar-refractivity contribution in [3.05, 3.63) is 23.8 Å². The van der Waals surface area contributed by atoms with E-state index in [-0.39, 0.29) is 17.2 Å². The van der Waals surface area contributed by atoms with E-state index in [0.717, 1.165) is 31.5 Å². The predicted octanol–water partition coefficient (Wildman–Crippen LogP) is 0.870. The second-order valence-electron chi connectivity index (χ2n) is 6.09. The Morgan fingerprint density at radius 3 is 2.33 bits per heavy atom. The molecule has 2 aliphatic rings. The van der Waals surface area contributed by atoms with Crippen molar-refractivity contribution in [2.45, 2.75) is 26.2 Å². The van der Waals surface area contributed by atoms with E-state index >= 15 is 0 Å². The molecule has 0 unspecified atom stereocenters. The van der Waals surface area contributed by atoms with E-state index in [1.54, 1.807) is 11.1 Å². The van der Waals surface area contributed by atoms with Crippen LogP contribution >= 0.6 is 0 Å². The minimum absolute atomic E-state index is 0.0869. The van der Waals surface area contributed by atoms with Crippen molar-refractivity contribution in [1.29, 1.82) is 0 Å². The topological polar surface area (TPSA) is 66.4 Å². The molecule has 0 atom stereocenters. The number of aromatic nitrogens is 2. The summed E-state index contributed by atoms with van der Waals surface area (Å²) in [6.07, 6.45) is 5.54. The van der Waals surface area contributed by atoms with Crippen LogP contribution in [0.25, 0.3) is 0 Å². The van der Waals surface area contributed by atoms with Crippen molar-refractivity contribution in [3.63, 3.8) is 0 Å². The quantitative estimate of drug-likeness (QED) is 0.769. The van der Waals surface area contributed by atoms with Gasteiger partial charge in [-0.05, 0) is 26.2 Å². The molecule has 0 radical (unpaired) electrons. The number of carbonyl (C=O) groups is 2. The Bertz CT molecular complexity index is 562. The maximum atomic E-state index is 12.4. The zero-order valence-electron chi connectivity index (χ0n) is 12.5. The lowest BCUT2D eigenvalue weighted by Crippen LogP contribution is -2.46. The largest absolute Gasteiger partial charge is 0.345 e. The number of hydrogen-bond acceptors (Lipinski definition) is 4. The first-order valence-corrected chi connectivity index (χ1v) is 7.35. The number of rotatable bonds is 1. The normalized spacial score (nSPS) is 21.1. The van der Waals surface area contributed by atoms with E-state index in [1.807, 2.05) is 18.9 Å². The molecule has 3 rings (SSSR count). The van der Waals surface area contributed by atoms with Gasteiger partial charge in [0.05, 0.1) is 17.3 Å². The van der Waals surface area contributed by atoms with Gasteiger partial charge >= 0.3 is 0 Å². The van der Waals surface area contributed by atoms with Crippen LogP contribution in [0.15, 0.2) is 12.4 Å². The first-order valence-electron chi connectivity index (χ1n) is 7.35. The Balaban J connectivity index is 1.67. The third kappa shape index (κ3) is 2.39. The van der Waals surface area contributed by atoms with Crippen LogP contribution in [0, 0.1) is 12.3 Å². The standard InChI is InChI=1S/C15H20N4O2/c1-11-9-17-12(10-16-11)13(20)19-7-4-15(5-8-19)3-6-18(2)14(15)21/h9-10H,3-8H2,1-2H3. The zero-order chi connectivity index (χ0) is 15.0. The van der Waals surface area contributed by atoms with Crippen LogP contribution < -0.4 is 0 Å². The summed E-state index contributed by atoms with van der Waals surface area (Å²) in [6, 6.07) is 0. The average molecular weight is 288 g/mol. The molecule has 0 N–H and O–H groups in total. The van der Waals surface area contributed by atoms with Crippen LogP contribution in [0.4, 0.5) is 0 Å². The van der Waals surface area contributed by atoms with Crippen LogP contribution in [0.2, 0.25) is 0 Å². The molecule has 6 nitrogen and oxygen atoms in total. The van der Waals surface area contributed by atoms with Gasteiger partial charge in [-0.3, -0.25) is 14.6 Å². The molecule has 2 fully saturated rings. The zero-order valence-corrected chi connectivity index (χ0v) is 12.5. The summed E-state index contributed by atoms with van der Waals surface area (Å²) in [4.78, 5) is 36.5. The molecule has 1 aromatic rings. The fourth-order valence-corrected chi connectivity index (χ4v) is 3.26. The molecular formula is C15H20N4O2. The monoisotopic (exact) mass is 288 g/mol. The van der Waals surface area contributed by atoms with E-state index in [0.29, 0.717) is 18.8 Å². The molecule has 1 spiro atoms. The number of hydrogen-bond donors (Lipinski definition) is 0. The number of piperidine rings is 1. The Morgan fingerprint density at radius 2 is 1.81 bits per heavy atom. The lowest BCUT2D eigenvalue weighted by Gasteiger charge is -2.37. The molecule has 0 saturated carbocycles. The first kappa shape index (κ1) is 14.0. The van der Waals surface area contributed by atoms with Gasteiger partial charge in [-0.15, -0.1) is 0 Å². The predicted molar refractivity (Wildman–Crippen MR) is 76.6 cm³/mol. The van der Waals surface area contributed by atoms with Crippen LogP contribution in [-0.4, -0.2) is 58.3 Å². The van der Waals surface area contributed by atoms with E-state index in [1.165, 1.54) is 6.20 Å². The maximum Gasteiger partial charge on any atom is 0.274 e. The highest BCUT2D eigenvalue weighted by Crippen LogP contribution is 2.41.